The van der Waals surface area contributed by atoms with Gasteiger partial charge in [0, 0.05) is 17.8 Å². The maximum Gasteiger partial charge on any atom is 0.269 e. The summed E-state index contributed by atoms with van der Waals surface area (Å²) in [5, 5.41) is 18.5. The maximum absolute atomic E-state index is 12.6. The van der Waals surface area contributed by atoms with Gasteiger partial charge < -0.3 is 5.32 Å². The molecule has 1 atom stereocenters. The van der Waals surface area contributed by atoms with Gasteiger partial charge in [0.25, 0.3) is 5.69 Å². The van der Waals surface area contributed by atoms with Crippen molar-refractivity contribution in [3.8, 4) is 0 Å². The van der Waals surface area contributed by atoms with Crippen LogP contribution in [0.3, 0.4) is 0 Å². The van der Waals surface area contributed by atoms with Crippen molar-refractivity contribution in [3.63, 3.8) is 0 Å². The summed E-state index contributed by atoms with van der Waals surface area (Å²) >= 11 is 6.16. The number of aryl methyl sites for hydroxylation is 2. The topological polar surface area (TPSA) is 90.1 Å². The Morgan fingerprint density at radius 3 is 2.54 bits per heavy atom. The molecule has 1 amide bonds. The molecule has 2 aromatic rings. The Balaban J connectivity index is 2.27. The van der Waals surface area contributed by atoms with Crippen LogP contribution >= 0.6 is 11.6 Å². The van der Waals surface area contributed by atoms with Gasteiger partial charge in [0.1, 0.15) is 6.04 Å². The van der Waals surface area contributed by atoms with Crippen molar-refractivity contribution in [2.75, 3.05) is 5.32 Å². The zero-order chi connectivity index (χ0) is 18.0. The number of benzene rings is 1. The highest BCUT2D eigenvalue weighted by Gasteiger charge is 2.24. The van der Waals surface area contributed by atoms with E-state index < -0.39 is 11.0 Å². The Bertz CT molecular complexity index is 801. The highest BCUT2D eigenvalue weighted by Crippen LogP contribution is 2.26. The van der Waals surface area contributed by atoms with E-state index in [1.54, 1.807) is 18.5 Å². The van der Waals surface area contributed by atoms with Gasteiger partial charge in [-0.25, -0.2) is 0 Å². The molecule has 2 rings (SSSR count). The summed E-state index contributed by atoms with van der Waals surface area (Å²) in [5.74, 6) is -0.239. The summed E-state index contributed by atoms with van der Waals surface area (Å²) in [7, 11) is 0. The van der Waals surface area contributed by atoms with Crippen LogP contribution in [0.25, 0.3) is 0 Å². The average molecular weight is 351 g/mol. The molecule has 1 heterocycles. The van der Waals surface area contributed by atoms with Gasteiger partial charge in [0.15, 0.2) is 0 Å². The van der Waals surface area contributed by atoms with Crippen molar-refractivity contribution in [2.24, 2.45) is 0 Å². The number of halogens is 1. The summed E-state index contributed by atoms with van der Waals surface area (Å²) < 4.78 is 1.62. The number of nitro benzene ring substituents is 1. The number of carbonyl (C=O) groups is 1. The molecule has 0 fully saturated rings. The lowest BCUT2D eigenvalue weighted by atomic mass is 10.1. The molecule has 0 aliphatic heterocycles. The number of nitro groups is 1. The Morgan fingerprint density at radius 2 is 2.08 bits per heavy atom. The van der Waals surface area contributed by atoms with E-state index in [1.165, 1.54) is 18.2 Å². The molecule has 0 bridgehead atoms. The molecule has 1 unspecified atom stereocenters. The number of anilines is 1. The smallest absolute Gasteiger partial charge is 0.269 e. The SMILES string of the molecule is CCC(C(=O)Nc1ccc([N+](=O)[O-])cc1C)n1nc(C)c(Cl)c1C. The number of amides is 1. The van der Waals surface area contributed by atoms with Gasteiger partial charge in [0.2, 0.25) is 5.91 Å². The first-order valence-electron chi connectivity index (χ1n) is 7.53. The lowest BCUT2D eigenvalue weighted by molar-refractivity contribution is -0.384. The van der Waals surface area contributed by atoms with Crippen LogP contribution in [0.15, 0.2) is 18.2 Å². The van der Waals surface area contributed by atoms with Gasteiger partial charge >= 0.3 is 0 Å². The largest absolute Gasteiger partial charge is 0.324 e. The summed E-state index contributed by atoms with van der Waals surface area (Å²) in [6, 6.07) is 3.82. The fraction of sp³-hybridized carbons (Fsp3) is 0.375. The van der Waals surface area contributed by atoms with E-state index in [-0.39, 0.29) is 11.6 Å². The standard InChI is InChI=1S/C16H19ClN4O3/c1-5-14(20-11(4)15(17)10(3)19-20)16(22)18-13-7-6-12(21(23)24)8-9(13)2/h6-8,14H,5H2,1-4H3,(H,18,22). The summed E-state index contributed by atoms with van der Waals surface area (Å²) in [6.07, 6.45) is 0.538. The monoisotopic (exact) mass is 350 g/mol. The van der Waals surface area contributed by atoms with Crippen LogP contribution in [0, 0.1) is 30.9 Å². The normalized spacial score (nSPS) is 12.0. The average Bonchev–Trinajstić information content (AvgIpc) is 2.77. The lowest BCUT2D eigenvalue weighted by Crippen LogP contribution is -2.27. The van der Waals surface area contributed by atoms with E-state index in [0.29, 0.717) is 28.4 Å². The van der Waals surface area contributed by atoms with Crippen LogP contribution in [0.2, 0.25) is 5.02 Å². The highest BCUT2D eigenvalue weighted by atomic mass is 35.5. The molecule has 0 saturated heterocycles. The van der Waals surface area contributed by atoms with Crippen LogP contribution in [-0.4, -0.2) is 20.6 Å². The van der Waals surface area contributed by atoms with Crippen molar-refractivity contribution in [2.45, 2.75) is 40.2 Å². The second-order valence-electron chi connectivity index (χ2n) is 5.60. The van der Waals surface area contributed by atoms with Crippen molar-refractivity contribution in [1.82, 2.24) is 9.78 Å². The van der Waals surface area contributed by atoms with Crippen LogP contribution in [-0.2, 0) is 4.79 Å². The lowest BCUT2D eigenvalue weighted by Gasteiger charge is -2.18. The van der Waals surface area contributed by atoms with Gasteiger partial charge in [-0.15, -0.1) is 0 Å². The maximum atomic E-state index is 12.6. The number of hydrogen-bond acceptors (Lipinski definition) is 4. The molecular formula is C16H19ClN4O3. The third kappa shape index (κ3) is 3.41. The fourth-order valence-electron chi connectivity index (χ4n) is 2.53. The molecule has 1 N–H and O–H groups in total. The molecule has 8 heteroatoms. The van der Waals surface area contributed by atoms with E-state index in [0.717, 1.165) is 5.69 Å². The van der Waals surface area contributed by atoms with E-state index >= 15 is 0 Å². The third-order valence-electron chi connectivity index (χ3n) is 3.90. The molecular weight excluding hydrogens is 332 g/mol. The Morgan fingerprint density at radius 1 is 1.42 bits per heavy atom. The number of nitrogens with zero attached hydrogens (tertiary/aromatic N) is 3. The predicted octanol–water partition coefficient (Wildman–Crippen LogP) is 3.96. The predicted molar refractivity (Wildman–Crippen MR) is 92.5 cm³/mol. The number of aromatic nitrogens is 2. The number of nitrogens with one attached hydrogen (secondary N) is 1. The number of carbonyl (C=O) groups excluding carboxylic acids is 1. The van der Waals surface area contributed by atoms with E-state index in [1.807, 2.05) is 13.8 Å². The molecule has 0 aliphatic carbocycles. The van der Waals surface area contributed by atoms with Gasteiger partial charge in [0.05, 0.1) is 21.3 Å². The Labute approximate surface area is 144 Å². The van der Waals surface area contributed by atoms with Gasteiger partial charge in [-0.05, 0) is 38.8 Å². The first kappa shape index (κ1) is 17.9. The molecule has 0 radical (unpaired) electrons. The fourth-order valence-corrected chi connectivity index (χ4v) is 2.66. The second-order valence-corrected chi connectivity index (χ2v) is 5.98. The van der Waals surface area contributed by atoms with E-state index in [4.69, 9.17) is 11.6 Å². The summed E-state index contributed by atoms with van der Waals surface area (Å²) in [5.41, 5.74) is 2.56. The zero-order valence-corrected chi connectivity index (χ0v) is 14.7. The van der Waals surface area contributed by atoms with Crippen LogP contribution in [0.4, 0.5) is 11.4 Å². The number of rotatable bonds is 5. The van der Waals surface area contributed by atoms with Crippen LogP contribution in [0.5, 0.6) is 0 Å². The first-order valence-corrected chi connectivity index (χ1v) is 7.91. The van der Waals surface area contributed by atoms with E-state index in [2.05, 4.69) is 10.4 Å². The Kier molecular flexibility index (Phi) is 5.23. The molecule has 7 nitrogen and oxygen atoms in total. The highest BCUT2D eigenvalue weighted by molar-refractivity contribution is 6.31. The van der Waals surface area contributed by atoms with Crippen LogP contribution in [0.1, 0.15) is 36.3 Å². The van der Waals surface area contributed by atoms with Gasteiger partial charge in [-0.1, -0.05) is 18.5 Å². The van der Waals surface area contributed by atoms with Gasteiger partial charge in [-0.3, -0.25) is 19.6 Å². The van der Waals surface area contributed by atoms with Crippen molar-refractivity contribution in [3.05, 3.63) is 50.3 Å². The third-order valence-corrected chi connectivity index (χ3v) is 4.45. The zero-order valence-electron chi connectivity index (χ0n) is 14.0. The van der Waals surface area contributed by atoms with Gasteiger partial charge in [-0.2, -0.15) is 5.10 Å². The van der Waals surface area contributed by atoms with Crippen LogP contribution < -0.4 is 5.32 Å². The molecule has 0 spiro atoms. The summed E-state index contributed by atoms with van der Waals surface area (Å²) in [6.45, 7) is 7.20. The Hall–Kier alpha value is -2.41. The molecule has 0 aliphatic rings. The molecule has 128 valence electrons. The first-order chi connectivity index (χ1) is 11.3. The minimum atomic E-state index is -0.509. The number of non-ortho nitro benzene ring substituents is 1. The molecule has 1 aromatic heterocycles. The minimum absolute atomic E-state index is 0.0112. The molecule has 0 saturated carbocycles. The number of hydrogen-bond donors (Lipinski definition) is 1. The second kappa shape index (κ2) is 7.00. The van der Waals surface area contributed by atoms with E-state index in [9.17, 15) is 14.9 Å². The summed E-state index contributed by atoms with van der Waals surface area (Å²) in [4.78, 5) is 23.0. The minimum Gasteiger partial charge on any atom is -0.324 e. The molecule has 24 heavy (non-hydrogen) atoms. The van der Waals surface area contributed by atoms with Crippen molar-refractivity contribution < 1.29 is 9.72 Å². The molecule has 1 aromatic carbocycles. The van der Waals surface area contributed by atoms with Crippen molar-refractivity contribution in [1.29, 1.82) is 0 Å². The van der Waals surface area contributed by atoms with Crippen molar-refractivity contribution >= 4 is 28.9 Å². The quantitative estimate of drug-likeness (QED) is 0.652.